The van der Waals surface area contributed by atoms with Crippen LogP contribution in [0.3, 0.4) is 0 Å². The van der Waals surface area contributed by atoms with E-state index in [1.807, 2.05) is 27.7 Å². The molecule has 4 N–H and O–H groups in total. The first kappa shape index (κ1) is 21.6. The Labute approximate surface area is 168 Å². The third-order valence-corrected chi connectivity index (χ3v) is 5.64. The van der Waals surface area contributed by atoms with Gasteiger partial charge in [-0.1, -0.05) is 12.2 Å². The number of aliphatic hydroxyl groups is 4. The summed E-state index contributed by atoms with van der Waals surface area (Å²) < 4.78 is 35.0. The van der Waals surface area contributed by atoms with Crippen molar-refractivity contribution >= 4 is 0 Å². The van der Waals surface area contributed by atoms with Gasteiger partial charge in [-0.15, -0.1) is 0 Å². The van der Waals surface area contributed by atoms with E-state index in [1.54, 1.807) is 6.08 Å². The predicted octanol–water partition coefficient (Wildman–Crippen LogP) is -1.22. The molecular weight excluding hydrogens is 388 g/mol. The molecule has 4 heterocycles. The van der Waals surface area contributed by atoms with Gasteiger partial charge in [0, 0.05) is 0 Å². The minimum absolute atomic E-state index is 0.330. The van der Waals surface area contributed by atoms with Gasteiger partial charge in [-0.05, 0) is 27.7 Å². The fourth-order valence-corrected chi connectivity index (χ4v) is 4.26. The molecule has 4 rings (SSSR count). The third kappa shape index (κ3) is 4.11. The number of ether oxygens (including phenoxy) is 6. The van der Waals surface area contributed by atoms with Crippen molar-refractivity contribution in [2.45, 2.75) is 100 Å². The lowest BCUT2D eigenvalue weighted by molar-refractivity contribution is -0.271. The maximum Gasteiger partial charge on any atom is 0.184 e. The first-order valence-corrected chi connectivity index (χ1v) is 9.86. The molecule has 4 aliphatic heterocycles. The SMILES string of the molecule is CC1(C)O[C@@H]2[C@H](O1)[C@H](/C=C\[C@H]1O[C@H](O)[C@H](O)[C@@H](O)[C@H]1O)O[C@@H]2[C@H]1COC(C)(C)O1. The van der Waals surface area contributed by atoms with Gasteiger partial charge in [-0.3, -0.25) is 0 Å². The van der Waals surface area contributed by atoms with Gasteiger partial charge in [0.25, 0.3) is 0 Å². The Hall–Kier alpha value is -0.660. The summed E-state index contributed by atoms with van der Waals surface area (Å²) in [6.45, 7) is 7.67. The minimum atomic E-state index is -1.61. The lowest BCUT2D eigenvalue weighted by Gasteiger charge is -2.37. The van der Waals surface area contributed by atoms with E-state index in [2.05, 4.69) is 0 Å². The van der Waals surface area contributed by atoms with E-state index in [0.717, 1.165) is 0 Å². The highest BCUT2D eigenvalue weighted by Gasteiger charge is 2.58. The van der Waals surface area contributed by atoms with E-state index < -0.39 is 60.6 Å². The number of hydrogen-bond acceptors (Lipinski definition) is 10. The van der Waals surface area contributed by atoms with Crippen LogP contribution < -0.4 is 0 Å². The minimum Gasteiger partial charge on any atom is -0.387 e. The van der Waals surface area contributed by atoms with Gasteiger partial charge in [-0.2, -0.15) is 0 Å². The lowest BCUT2D eigenvalue weighted by atomic mass is 9.97. The molecule has 0 saturated carbocycles. The molecule has 4 fully saturated rings. The number of aliphatic hydroxyl groups excluding tert-OH is 4. The molecule has 0 bridgehead atoms. The van der Waals surface area contributed by atoms with Gasteiger partial charge in [0.15, 0.2) is 17.9 Å². The average molecular weight is 418 g/mol. The molecule has 29 heavy (non-hydrogen) atoms. The Kier molecular flexibility index (Phi) is 5.57. The molecule has 0 radical (unpaired) electrons. The number of rotatable bonds is 3. The fraction of sp³-hybridized carbons (Fsp3) is 0.895. The average Bonchev–Trinajstić information content (AvgIpc) is 3.25. The molecule has 4 aliphatic rings. The number of hydrogen-bond donors (Lipinski definition) is 4. The van der Waals surface area contributed by atoms with Crippen LogP contribution in [0.4, 0.5) is 0 Å². The summed E-state index contributed by atoms with van der Waals surface area (Å²) in [7, 11) is 0. The molecule has 0 aromatic carbocycles. The van der Waals surface area contributed by atoms with Gasteiger partial charge in [-0.25, -0.2) is 0 Å². The smallest absolute Gasteiger partial charge is 0.184 e. The second-order valence-corrected chi connectivity index (χ2v) is 8.85. The normalized spacial score (nSPS) is 51.6. The van der Waals surface area contributed by atoms with E-state index in [4.69, 9.17) is 28.4 Å². The summed E-state index contributed by atoms with van der Waals surface area (Å²) in [6, 6.07) is 0. The van der Waals surface area contributed by atoms with Crippen molar-refractivity contribution in [1.29, 1.82) is 0 Å². The maximum atomic E-state index is 10.1. The van der Waals surface area contributed by atoms with E-state index in [9.17, 15) is 20.4 Å². The van der Waals surface area contributed by atoms with Crippen LogP contribution in [0.15, 0.2) is 12.2 Å². The van der Waals surface area contributed by atoms with Crippen molar-refractivity contribution in [2.75, 3.05) is 6.61 Å². The Morgan fingerprint density at radius 3 is 2.00 bits per heavy atom. The van der Waals surface area contributed by atoms with Gasteiger partial charge >= 0.3 is 0 Å². The molecule has 166 valence electrons. The van der Waals surface area contributed by atoms with Crippen LogP contribution in [-0.2, 0) is 28.4 Å². The van der Waals surface area contributed by atoms with Crippen LogP contribution in [0.2, 0.25) is 0 Å². The van der Waals surface area contributed by atoms with Crippen LogP contribution in [0, 0.1) is 0 Å². The highest BCUT2D eigenvalue weighted by molar-refractivity contribution is 5.11. The van der Waals surface area contributed by atoms with Crippen LogP contribution in [0.25, 0.3) is 0 Å². The standard InChI is InChI=1S/C19H30O10/c1-18(2)24-7-10(27-18)14-16-15(28-19(3,4)29-16)9(25-14)6-5-8-11(20)12(21)13(22)17(23)26-8/h5-6,8-17,20-23H,7H2,1-4H3/b6-5-/t8-,9+,10-,11+,12+,13-,14-,15-,16+,17+/m1/s1. The molecular formula is C19H30O10. The fourth-order valence-electron chi connectivity index (χ4n) is 4.26. The molecule has 4 saturated heterocycles. The number of fused-ring (bicyclic) bond motifs is 1. The van der Waals surface area contributed by atoms with Crippen molar-refractivity contribution in [3.8, 4) is 0 Å². The second-order valence-electron chi connectivity index (χ2n) is 8.85. The van der Waals surface area contributed by atoms with Gasteiger partial charge in [0.05, 0.1) is 6.61 Å². The van der Waals surface area contributed by atoms with Gasteiger partial charge < -0.3 is 48.8 Å². The predicted molar refractivity (Wildman–Crippen MR) is 95.4 cm³/mol. The molecule has 10 heteroatoms. The highest BCUT2D eigenvalue weighted by atomic mass is 16.8. The molecule has 10 atom stereocenters. The quantitative estimate of drug-likeness (QED) is 0.413. The monoisotopic (exact) mass is 418 g/mol. The summed E-state index contributed by atoms with van der Waals surface area (Å²) in [5.41, 5.74) is 0. The second kappa shape index (κ2) is 7.49. The van der Waals surface area contributed by atoms with Crippen molar-refractivity contribution in [3.63, 3.8) is 0 Å². The summed E-state index contributed by atoms with van der Waals surface area (Å²) in [5, 5.41) is 39.3. The zero-order chi connectivity index (χ0) is 21.1. The largest absolute Gasteiger partial charge is 0.387 e. The lowest BCUT2D eigenvalue weighted by Crippen LogP contribution is -2.56. The first-order valence-electron chi connectivity index (χ1n) is 9.86. The van der Waals surface area contributed by atoms with E-state index >= 15 is 0 Å². The van der Waals surface area contributed by atoms with E-state index in [-0.39, 0.29) is 12.2 Å². The summed E-state index contributed by atoms with van der Waals surface area (Å²) in [6.07, 6.45) is -6.09. The topological polar surface area (TPSA) is 136 Å². The van der Waals surface area contributed by atoms with Crippen molar-refractivity contribution in [3.05, 3.63) is 12.2 Å². The van der Waals surface area contributed by atoms with Crippen LogP contribution in [0.5, 0.6) is 0 Å². The van der Waals surface area contributed by atoms with Gasteiger partial charge in [0.1, 0.15) is 54.9 Å². The molecule has 0 amide bonds. The van der Waals surface area contributed by atoms with E-state index in [1.165, 1.54) is 6.08 Å². The zero-order valence-electron chi connectivity index (χ0n) is 16.9. The highest BCUT2D eigenvalue weighted by Crippen LogP contribution is 2.42. The Morgan fingerprint density at radius 2 is 1.34 bits per heavy atom. The molecule has 0 spiro atoms. The zero-order valence-corrected chi connectivity index (χ0v) is 16.9. The summed E-state index contributed by atoms with van der Waals surface area (Å²) in [4.78, 5) is 0. The maximum absolute atomic E-state index is 10.1. The van der Waals surface area contributed by atoms with Gasteiger partial charge in [0.2, 0.25) is 0 Å². The third-order valence-electron chi connectivity index (χ3n) is 5.64. The molecule has 0 unspecified atom stereocenters. The first-order chi connectivity index (χ1) is 13.5. The van der Waals surface area contributed by atoms with Crippen molar-refractivity contribution in [2.24, 2.45) is 0 Å². The van der Waals surface area contributed by atoms with Crippen LogP contribution in [0.1, 0.15) is 27.7 Å². The van der Waals surface area contributed by atoms with Crippen LogP contribution >= 0.6 is 0 Å². The molecule has 0 aliphatic carbocycles. The molecule has 10 nitrogen and oxygen atoms in total. The van der Waals surface area contributed by atoms with Crippen molar-refractivity contribution < 1.29 is 48.8 Å². The molecule has 0 aromatic rings. The summed E-state index contributed by atoms with van der Waals surface area (Å²) in [5.74, 6) is -1.50. The Morgan fingerprint density at radius 1 is 0.690 bits per heavy atom. The Balaban J connectivity index is 1.49. The summed E-state index contributed by atoms with van der Waals surface area (Å²) >= 11 is 0. The van der Waals surface area contributed by atoms with Crippen molar-refractivity contribution in [1.82, 2.24) is 0 Å². The Bertz CT molecular complexity index is 636. The van der Waals surface area contributed by atoms with Crippen LogP contribution in [-0.4, -0.2) is 99.8 Å². The molecule has 0 aromatic heterocycles. The van der Waals surface area contributed by atoms with E-state index in [0.29, 0.717) is 6.61 Å².